The number of carboxylic acids is 1. The number of nitrogens with zero attached hydrogens (tertiary/aromatic N) is 1. The topological polar surface area (TPSA) is 98.7 Å². The van der Waals surface area contributed by atoms with Crippen LogP contribution in [-0.2, 0) is 9.59 Å². The van der Waals surface area contributed by atoms with Crippen molar-refractivity contribution in [3.8, 4) is 0 Å². The molecule has 7 heteroatoms. The number of carboxylic acid groups (broad SMARTS) is 1. The number of likely N-dealkylation sites (N-methyl/N-ethyl adjacent to an activating group) is 1. The number of carbonyl (C=O) groups excluding carboxylic acids is 2. The number of urea groups is 1. The average Bonchev–Trinajstić information content (AvgIpc) is 2.45. The quantitative estimate of drug-likeness (QED) is 0.675. The second-order valence-electron chi connectivity index (χ2n) is 5.54. The highest BCUT2D eigenvalue weighted by atomic mass is 16.4. The van der Waals surface area contributed by atoms with Gasteiger partial charge in [0.1, 0.15) is 6.54 Å². The van der Waals surface area contributed by atoms with Crippen LogP contribution in [0.25, 0.3) is 0 Å². The first kappa shape index (κ1) is 17.3. The minimum atomic E-state index is -0.760. The Morgan fingerprint density at radius 3 is 2.33 bits per heavy atom. The van der Waals surface area contributed by atoms with E-state index in [0.717, 1.165) is 6.42 Å². The highest BCUT2D eigenvalue weighted by Gasteiger charge is 2.27. The summed E-state index contributed by atoms with van der Waals surface area (Å²) in [6.45, 7) is 2.59. The van der Waals surface area contributed by atoms with Crippen LogP contribution in [0.4, 0.5) is 4.79 Å². The van der Waals surface area contributed by atoms with Crippen LogP contribution in [-0.4, -0.2) is 54.1 Å². The molecule has 0 aromatic rings. The van der Waals surface area contributed by atoms with E-state index in [9.17, 15) is 14.4 Å². The molecular weight excluding hydrogens is 274 g/mol. The van der Waals surface area contributed by atoms with Gasteiger partial charge in [-0.15, -0.1) is 0 Å². The number of carbonyl (C=O) groups is 3. The fourth-order valence-electron chi connectivity index (χ4n) is 2.38. The van der Waals surface area contributed by atoms with Crippen molar-refractivity contribution in [2.75, 3.05) is 20.1 Å². The second kappa shape index (κ2) is 8.49. The lowest BCUT2D eigenvalue weighted by atomic mass is 9.86. The zero-order chi connectivity index (χ0) is 15.8. The highest BCUT2D eigenvalue weighted by molar-refractivity contribution is 5.83. The molecule has 3 N–H and O–H groups in total. The molecule has 0 aliphatic heterocycles. The van der Waals surface area contributed by atoms with Crippen LogP contribution < -0.4 is 10.6 Å². The largest absolute Gasteiger partial charge is 0.481 e. The maximum absolute atomic E-state index is 12.0. The number of hydrogen-bond donors (Lipinski definition) is 3. The first-order valence-corrected chi connectivity index (χ1v) is 7.45. The van der Waals surface area contributed by atoms with E-state index in [-0.39, 0.29) is 30.4 Å². The molecule has 0 atom stereocenters. The zero-order valence-corrected chi connectivity index (χ0v) is 12.7. The van der Waals surface area contributed by atoms with E-state index < -0.39 is 5.97 Å². The molecule has 21 heavy (non-hydrogen) atoms. The average molecular weight is 299 g/mol. The maximum Gasteiger partial charge on any atom is 0.317 e. The molecule has 0 aromatic carbocycles. The molecule has 0 heterocycles. The van der Waals surface area contributed by atoms with Crippen LogP contribution >= 0.6 is 0 Å². The van der Waals surface area contributed by atoms with Crippen LogP contribution in [0.5, 0.6) is 0 Å². The second-order valence-corrected chi connectivity index (χ2v) is 5.54. The Morgan fingerprint density at radius 2 is 1.81 bits per heavy atom. The third kappa shape index (κ3) is 6.01. The fraction of sp³-hybridized carbons (Fsp3) is 0.786. The number of nitrogens with one attached hydrogen (secondary N) is 2. The Labute approximate surface area is 125 Å². The Kier molecular flexibility index (Phi) is 6.98. The monoisotopic (exact) mass is 299 g/mol. The first-order chi connectivity index (χ1) is 9.93. The predicted octanol–water partition coefficient (Wildman–Crippen LogP) is 0.797. The lowest BCUT2D eigenvalue weighted by molar-refractivity contribution is -0.142. The van der Waals surface area contributed by atoms with Gasteiger partial charge in [-0.05, 0) is 32.1 Å². The van der Waals surface area contributed by atoms with Gasteiger partial charge >= 0.3 is 12.0 Å². The van der Waals surface area contributed by atoms with E-state index in [1.807, 2.05) is 6.92 Å². The summed E-state index contributed by atoms with van der Waals surface area (Å²) < 4.78 is 0. The number of aliphatic carboxylic acids is 1. The van der Waals surface area contributed by atoms with Gasteiger partial charge in [0.15, 0.2) is 0 Å². The standard InChI is InChI=1S/C14H25N3O4/c1-3-8-15-12(18)9-17(2)14(21)16-11-6-4-10(5-7-11)13(19)20/h10-11H,3-9H2,1-2H3,(H,15,18)(H,16,21)(H,19,20). The summed E-state index contributed by atoms with van der Waals surface area (Å²) in [5.74, 6) is -1.23. The van der Waals surface area contributed by atoms with E-state index in [0.29, 0.717) is 32.2 Å². The van der Waals surface area contributed by atoms with Gasteiger partial charge in [-0.2, -0.15) is 0 Å². The lowest BCUT2D eigenvalue weighted by Gasteiger charge is -2.28. The van der Waals surface area contributed by atoms with Crippen molar-refractivity contribution < 1.29 is 19.5 Å². The minimum Gasteiger partial charge on any atom is -0.481 e. The van der Waals surface area contributed by atoms with Crippen LogP contribution in [0.1, 0.15) is 39.0 Å². The molecule has 0 saturated heterocycles. The van der Waals surface area contributed by atoms with Gasteiger partial charge in [0, 0.05) is 19.6 Å². The molecular formula is C14H25N3O4. The Balaban J connectivity index is 2.30. The van der Waals surface area contributed by atoms with Crippen molar-refractivity contribution in [2.24, 2.45) is 5.92 Å². The predicted molar refractivity (Wildman–Crippen MR) is 77.8 cm³/mol. The van der Waals surface area contributed by atoms with Crippen molar-refractivity contribution in [1.82, 2.24) is 15.5 Å². The molecule has 3 amide bonds. The van der Waals surface area contributed by atoms with Crippen LogP contribution in [0.2, 0.25) is 0 Å². The molecule has 0 unspecified atom stereocenters. The van der Waals surface area contributed by atoms with E-state index in [1.165, 1.54) is 4.90 Å². The highest BCUT2D eigenvalue weighted by Crippen LogP contribution is 2.24. The smallest absolute Gasteiger partial charge is 0.317 e. The Hall–Kier alpha value is -1.79. The molecule has 1 aliphatic carbocycles. The molecule has 0 spiro atoms. The maximum atomic E-state index is 12.0. The van der Waals surface area contributed by atoms with E-state index in [1.54, 1.807) is 7.05 Å². The number of hydrogen-bond acceptors (Lipinski definition) is 3. The molecule has 120 valence electrons. The van der Waals surface area contributed by atoms with Gasteiger partial charge in [-0.1, -0.05) is 6.92 Å². The van der Waals surface area contributed by atoms with Gasteiger partial charge in [0.25, 0.3) is 0 Å². The zero-order valence-electron chi connectivity index (χ0n) is 12.7. The fourth-order valence-corrected chi connectivity index (χ4v) is 2.38. The molecule has 1 saturated carbocycles. The SMILES string of the molecule is CCCNC(=O)CN(C)C(=O)NC1CCC(C(=O)O)CC1. The summed E-state index contributed by atoms with van der Waals surface area (Å²) in [4.78, 5) is 35.7. The van der Waals surface area contributed by atoms with Gasteiger partial charge in [0.2, 0.25) is 5.91 Å². The van der Waals surface area contributed by atoms with Crippen LogP contribution in [0, 0.1) is 5.92 Å². The minimum absolute atomic E-state index is 0.00532. The van der Waals surface area contributed by atoms with Crippen LogP contribution in [0.15, 0.2) is 0 Å². The summed E-state index contributed by atoms with van der Waals surface area (Å²) in [6.07, 6.45) is 3.35. The van der Waals surface area contributed by atoms with Crippen molar-refractivity contribution in [3.63, 3.8) is 0 Å². The Bertz CT molecular complexity index is 378. The van der Waals surface area contributed by atoms with Crippen molar-refractivity contribution >= 4 is 17.9 Å². The van der Waals surface area contributed by atoms with E-state index in [2.05, 4.69) is 10.6 Å². The first-order valence-electron chi connectivity index (χ1n) is 7.45. The Morgan fingerprint density at radius 1 is 1.19 bits per heavy atom. The summed E-state index contributed by atoms with van der Waals surface area (Å²) in [7, 11) is 1.57. The molecule has 7 nitrogen and oxygen atoms in total. The van der Waals surface area contributed by atoms with E-state index >= 15 is 0 Å². The number of amides is 3. The lowest BCUT2D eigenvalue weighted by Crippen LogP contribution is -2.47. The van der Waals surface area contributed by atoms with Crippen LogP contribution in [0.3, 0.4) is 0 Å². The van der Waals surface area contributed by atoms with Crippen molar-refractivity contribution in [1.29, 1.82) is 0 Å². The summed E-state index contributed by atoms with van der Waals surface area (Å²) in [5.41, 5.74) is 0. The van der Waals surface area contributed by atoms with Crippen molar-refractivity contribution in [3.05, 3.63) is 0 Å². The third-order valence-electron chi connectivity index (χ3n) is 3.70. The van der Waals surface area contributed by atoms with E-state index in [4.69, 9.17) is 5.11 Å². The molecule has 0 radical (unpaired) electrons. The molecule has 1 rings (SSSR count). The molecule has 1 aliphatic rings. The summed E-state index contributed by atoms with van der Waals surface area (Å²) in [5, 5.41) is 14.5. The summed E-state index contributed by atoms with van der Waals surface area (Å²) in [6, 6.07) is -0.297. The van der Waals surface area contributed by atoms with Gasteiger partial charge in [-0.25, -0.2) is 4.79 Å². The van der Waals surface area contributed by atoms with Gasteiger partial charge in [-0.3, -0.25) is 9.59 Å². The van der Waals surface area contributed by atoms with Gasteiger partial charge < -0.3 is 20.6 Å². The molecule has 0 aromatic heterocycles. The molecule has 1 fully saturated rings. The van der Waals surface area contributed by atoms with Crippen molar-refractivity contribution in [2.45, 2.75) is 45.1 Å². The number of rotatable bonds is 6. The normalized spacial score (nSPS) is 21.4. The van der Waals surface area contributed by atoms with Gasteiger partial charge in [0.05, 0.1) is 5.92 Å². The molecule has 0 bridgehead atoms. The summed E-state index contributed by atoms with van der Waals surface area (Å²) >= 11 is 0. The third-order valence-corrected chi connectivity index (χ3v) is 3.70.